The number of amides is 1. The Kier molecular flexibility index (Phi) is 3.76. The van der Waals surface area contributed by atoms with Crippen LogP contribution in [-0.4, -0.2) is 32.9 Å². The lowest BCUT2D eigenvalue weighted by Gasteiger charge is -2.35. The molecule has 1 rings (SSSR count). The molecule has 0 aliphatic carbocycles. The van der Waals surface area contributed by atoms with Gasteiger partial charge in [0.2, 0.25) is 0 Å². The van der Waals surface area contributed by atoms with Crippen molar-refractivity contribution in [3.63, 3.8) is 0 Å². The van der Waals surface area contributed by atoms with Crippen molar-refractivity contribution in [2.45, 2.75) is 51.7 Å². The Morgan fingerprint density at radius 1 is 1.35 bits per heavy atom. The third kappa shape index (κ3) is 4.93. The molecule has 0 unspecified atom stereocenters. The van der Waals surface area contributed by atoms with E-state index < -0.39 is 27.0 Å². The number of nitrogens with one attached hydrogen (secondary N) is 2. The molecule has 0 spiro atoms. The number of hydrogen-bond acceptors (Lipinski definition) is 4. The molecule has 17 heavy (non-hydrogen) atoms. The number of carbonyl (C=O) groups is 1. The number of carbonyl (C=O) groups excluding carboxylic acids is 1. The monoisotopic (exact) mass is 262 g/mol. The van der Waals surface area contributed by atoms with Gasteiger partial charge in [-0.25, -0.2) is 9.00 Å². The zero-order valence-corrected chi connectivity index (χ0v) is 11.8. The predicted octanol–water partition coefficient (Wildman–Crippen LogP) is 2.11. The van der Waals surface area contributed by atoms with E-state index in [4.69, 9.17) is 9.52 Å². The summed E-state index contributed by atoms with van der Waals surface area (Å²) in [5.41, 5.74) is -0.914. The summed E-state index contributed by atoms with van der Waals surface area (Å²) in [6, 6.07) is 0. The minimum atomic E-state index is -2.42. The minimum Gasteiger partial charge on any atom is -0.444 e. The molecule has 5 nitrogen and oxygen atoms in total. The highest BCUT2D eigenvalue weighted by molar-refractivity contribution is 7.92. The maximum absolute atomic E-state index is 11.6. The van der Waals surface area contributed by atoms with Gasteiger partial charge in [-0.2, -0.15) is 0 Å². The van der Waals surface area contributed by atoms with Crippen LogP contribution in [0.5, 0.6) is 0 Å². The van der Waals surface area contributed by atoms with Crippen molar-refractivity contribution in [3.8, 4) is 0 Å². The van der Waals surface area contributed by atoms with Crippen LogP contribution < -0.4 is 5.32 Å². The van der Waals surface area contributed by atoms with Crippen LogP contribution in [0.3, 0.4) is 0 Å². The zero-order valence-electron chi connectivity index (χ0n) is 11.0. The molecule has 0 bridgehead atoms. The van der Waals surface area contributed by atoms with E-state index in [2.05, 4.69) is 5.32 Å². The van der Waals surface area contributed by atoms with Crippen LogP contribution in [0.2, 0.25) is 0 Å². The van der Waals surface area contributed by atoms with E-state index in [0.29, 0.717) is 24.3 Å². The third-order valence-electron chi connectivity index (χ3n) is 2.77. The molecule has 1 heterocycles. The first kappa shape index (κ1) is 14.3. The molecule has 0 radical (unpaired) electrons. The van der Waals surface area contributed by atoms with Crippen LogP contribution >= 0.6 is 0 Å². The highest BCUT2D eigenvalue weighted by atomic mass is 32.2. The first-order valence-electron chi connectivity index (χ1n) is 5.77. The lowest BCUT2D eigenvalue weighted by Crippen LogP contribution is -2.52. The Morgan fingerprint density at radius 2 is 1.82 bits per heavy atom. The Morgan fingerprint density at radius 3 is 2.24 bits per heavy atom. The van der Waals surface area contributed by atoms with Gasteiger partial charge in [-0.3, -0.25) is 4.78 Å². The molecule has 1 aliphatic heterocycles. The van der Waals surface area contributed by atoms with Crippen molar-refractivity contribution in [1.82, 2.24) is 5.32 Å². The van der Waals surface area contributed by atoms with Crippen LogP contribution in [0.15, 0.2) is 0 Å². The molecule has 0 saturated carbocycles. The zero-order chi connectivity index (χ0) is 13.3. The normalized spacial score (nSPS) is 34.1. The lowest BCUT2D eigenvalue weighted by atomic mass is 9.95. The smallest absolute Gasteiger partial charge is 0.408 e. The van der Waals surface area contributed by atoms with Crippen LogP contribution in [0.1, 0.15) is 40.5 Å². The molecular weight excluding hydrogens is 240 g/mol. The second-order valence-corrected chi connectivity index (χ2v) is 8.35. The Hall–Kier alpha value is -0.780. The first-order valence-corrected chi connectivity index (χ1v) is 7.66. The summed E-state index contributed by atoms with van der Waals surface area (Å²) < 4.78 is 24.2. The molecule has 0 aromatic carbocycles. The van der Waals surface area contributed by atoms with E-state index in [-0.39, 0.29) is 0 Å². The van der Waals surface area contributed by atoms with Gasteiger partial charge in [0, 0.05) is 26.8 Å². The van der Waals surface area contributed by atoms with Crippen molar-refractivity contribution in [2.24, 2.45) is 0 Å². The number of hydrogen-bond donors (Lipinski definition) is 2. The molecule has 1 amide bonds. The number of ether oxygens (including phenoxy) is 1. The topological polar surface area (TPSA) is 79.2 Å². The summed E-state index contributed by atoms with van der Waals surface area (Å²) in [4.78, 5) is 11.6. The van der Waals surface area contributed by atoms with E-state index in [9.17, 15) is 9.00 Å². The summed E-state index contributed by atoms with van der Waals surface area (Å²) in [7, 11) is -2.42. The maximum Gasteiger partial charge on any atom is 0.408 e. The van der Waals surface area contributed by atoms with Crippen LogP contribution in [-0.2, 0) is 14.5 Å². The Labute approximate surface area is 103 Å². The molecule has 1 fully saturated rings. The van der Waals surface area contributed by atoms with Crippen molar-refractivity contribution in [2.75, 3.05) is 11.5 Å². The van der Waals surface area contributed by atoms with Gasteiger partial charge < -0.3 is 10.1 Å². The maximum atomic E-state index is 11.6. The second kappa shape index (κ2) is 4.48. The van der Waals surface area contributed by atoms with E-state index in [1.165, 1.54) is 0 Å². The summed E-state index contributed by atoms with van der Waals surface area (Å²) in [6.07, 6.45) is 0.682. The van der Waals surface area contributed by atoms with E-state index in [0.717, 1.165) is 0 Å². The van der Waals surface area contributed by atoms with Crippen LogP contribution in [0.4, 0.5) is 4.79 Å². The largest absolute Gasteiger partial charge is 0.444 e. The molecule has 2 N–H and O–H groups in total. The lowest BCUT2D eigenvalue weighted by molar-refractivity contribution is 0.0457. The van der Waals surface area contributed by atoms with E-state index in [1.807, 2.05) is 27.7 Å². The molecule has 100 valence electrons. The molecule has 6 heteroatoms. The second-order valence-electron chi connectivity index (χ2n) is 5.91. The highest BCUT2D eigenvalue weighted by Gasteiger charge is 2.34. The molecule has 0 aromatic rings. The summed E-state index contributed by atoms with van der Waals surface area (Å²) in [5, 5.41) is 2.82. The average molecular weight is 262 g/mol. The Balaban J connectivity index is 2.55. The van der Waals surface area contributed by atoms with E-state index >= 15 is 0 Å². The summed E-state index contributed by atoms with van der Waals surface area (Å²) in [5.74, 6) is 0.693. The molecule has 0 aromatic heterocycles. The molecule has 0 atom stereocenters. The van der Waals surface area contributed by atoms with Gasteiger partial charge in [0.15, 0.2) is 0 Å². The van der Waals surface area contributed by atoms with Gasteiger partial charge in [0.25, 0.3) is 0 Å². The first-order chi connectivity index (χ1) is 7.52. The van der Waals surface area contributed by atoms with E-state index in [1.54, 1.807) is 0 Å². The van der Waals surface area contributed by atoms with Gasteiger partial charge in [-0.05, 0) is 40.5 Å². The SMILES string of the molecule is CC1(NC(=O)OC(C)(C)C)CCS(=N)(=O)CC1. The van der Waals surface area contributed by atoms with Gasteiger partial charge >= 0.3 is 6.09 Å². The quantitative estimate of drug-likeness (QED) is 0.759. The molecular formula is C11H22N2O3S. The Bertz CT molecular complexity index is 381. The van der Waals surface area contributed by atoms with Gasteiger partial charge in [-0.1, -0.05) is 0 Å². The van der Waals surface area contributed by atoms with Crippen LogP contribution in [0.25, 0.3) is 0 Å². The fourth-order valence-corrected chi connectivity index (χ4v) is 3.45. The van der Waals surface area contributed by atoms with Crippen molar-refractivity contribution in [1.29, 1.82) is 4.78 Å². The number of alkyl carbamates (subject to hydrolysis) is 1. The molecule has 1 saturated heterocycles. The highest BCUT2D eigenvalue weighted by Crippen LogP contribution is 2.24. The van der Waals surface area contributed by atoms with Crippen molar-refractivity contribution >= 4 is 15.8 Å². The minimum absolute atomic E-state index is 0.347. The average Bonchev–Trinajstić information content (AvgIpc) is 2.08. The van der Waals surface area contributed by atoms with Gasteiger partial charge in [-0.15, -0.1) is 0 Å². The number of rotatable bonds is 1. The van der Waals surface area contributed by atoms with Crippen LogP contribution in [0, 0.1) is 4.78 Å². The van der Waals surface area contributed by atoms with Crippen molar-refractivity contribution in [3.05, 3.63) is 0 Å². The van der Waals surface area contributed by atoms with Gasteiger partial charge in [0.05, 0.1) is 0 Å². The van der Waals surface area contributed by atoms with Gasteiger partial charge in [0.1, 0.15) is 5.60 Å². The third-order valence-corrected chi connectivity index (χ3v) is 4.50. The summed E-state index contributed by atoms with van der Waals surface area (Å²) in [6.45, 7) is 7.34. The predicted molar refractivity (Wildman–Crippen MR) is 67.6 cm³/mol. The standard InChI is InChI=1S/C11H22N2O3S/c1-10(2,3)16-9(14)13-11(4)5-7-17(12,15)8-6-11/h12H,5-8H2,1-4H3,(H,13,14). The fourth-order valence-electron chi connectivity index (χ4n) is 1.68. The van der Waals surface area contributed by atoms with Crippen molar-refractivity contribution < 1.29 is 13.7 Å². The summed E-state index contributed by atoms with van der Waals surface area (Å²) >= 11 is 0. The molecule has 1 aliphatic rings. The fraction of sp³-hybridized carbons (Fsp3) is 0.909.